The Balaban J connectivity index is 1.77. The fourth-order valence-corrected chi connectivity index (χ4v) is 2.02. The van der Waals surface area contributed by atoms with Crippen LogP contribution in [0, 0.1) is 5.82 Å². The summed E-state index contributed by atoms with van der Waals surface area (Å²) in [5, 5.41) is 7.55. The highest BCUT2D eigenvalue weighted by atomic mass is 35.5. The number of benzene rings is 1. The van der Waals surface area contributed by atoms with Crippen LogP contribution in [0.25, 0.3) is 0 Å². The number of pyridine rings is 1. The molecule has 3 N–H and O–H groups in total. The molecule has 25 heavy (non-hydrogen) atoms. The first kappa shape index (κ1) is 18.8. The molecule has 1 heterocycles. The standard InChI is InChI=1S/C15H13ClF4N4O/c16-12-7-9(15(18,19)20)8-23-13(12)21-5-6-22-14(25)24-11-3-1-10(17)2-4-11/h1-4,7-8H,5-6H2,(H,21,23)(H2,22,24,25). The van der Waals surface area contributed by atoms with Crippen LogP contribution in [-0.4, -0.2) is 24.1 Å². The van der Waals surface area contributed by atoms with Gasteiger partial charge in [0.15, 0.2) is 0 Å². The summed E-state index contributed by atoms with van der Waals surface area (Å²) >= 11 is 5.74. The van der Waals surface area contributed by atoms with Gasteiger partial charge < -0.3 is 16.0 Å². The maximum atomic E-state index is 12.7. The van der Waals surface area contributed by atoms with E-state index >= 15 is 0 Å². The summed E-state index contributed by atoms with van der Waals surface area (Å²) < 4.78 is 50.2. The van der Waals surface area contributed by atoms with E-state index in [1.165, 1.54) is 24.3 Å². The van der Waals surface area contributed by atoms with Crippen molar-refractivity contribution in [3.8, 4) is 0 Å². The Morgan fingerprint density at radius 3 is 2.44 bits per heavy atom. The molecule has 134 valence electrons. The SMILES string of the molecule is O=C(NCCNc1ncc(C(F)(F)F)cc1Cl)Nc1ccc(F)cc1. The van der Waals surface area contributed by atoms with Gasteiger partial charge in [0.05, 0.1) is 10.6 Å². The molecule has 0 atom stereocenters. The first-order chi connectivity index (χ1) is 11.8. The van der Waals surface area contributed by atoms with Crippen molar-refractivity contribution >= 4 is 29.1 Å². The smallest absolute Gasteiger partial charge is 0.367 e. The Labute approximate surface area is 145 Å². The lowest BCUT2D eigenvalue weighted by Gasteiger charge is -2.11. The van der Waals surface area contributed by atoms with Crippen molar-refractivity contribution in [1.29, 1.82) is 0 Å². The second kappa shape index (κ2) is 8.02. The number of amides is 2. The van der Waals surface area contributed by atoms with Gasteiger partial charge in [0.1, 0.15) is 11.6 Å². The Morgan fingerprint density at radius 2 is 1.84 bits per heavy atom. The van der Waals surface area contributed by atoms with Gasteiger partial charge in [-0.25, -0.2) is 14.2 Å². The maximum absolute atomic E-state index is 12.7. The molecule has 1 aromatic carbocycles. The number of rotatable bonds is 5. The van der Waals surface area contributed by atoms with Gasteiger partial charge in [-0.05, 0) is 30.3 Å². The number of urea groups is 1. The second-order valence-electron chi connectivity index (χ2n) is 4.87. The highest BCUT2D eigenvalue weighted by Crippen LogP contribution is 2.32. The predicted octanol–water partition coefficient (Wildman–Crippen LogP) is 4.13. The van der Waals surface area contributed by atoms with Crippen LogP contribution in [0.15, 0.2) is 36.5 Å². The molecule has 0 unspecified atom stereocenters. The quantitative estimate of drug-likeness (QED) is 0.543. The van der Waals surface area contributed by atoms with Crippen LogP contribution < -0.4 is 16.0 Å². The third-order valence-electron chi connectivity index (χ3n) is 2.97. The van der Waals surface area contributed by atoms with Gasteiger partial charge in [0, 0.05) is 25.0 Å². The minimum Gasteiger partial charge on any atom is -0.367 e. The summed E-state index contributed by atoms with van der Waals surface area (Å²) in [5.41, 5.74) is -0.529. The van der Waals surface area contributed by atoms with Crippen LogP contribution in [0.4, 0.5) is 33.9 Å². The van der Waals surface area contributed by atoms with Crippen molar-refractivity contribution in [2.45, 2.75) is 6.18 Å². The molecule has 0 saturated carbocycles. The number of aromatic nitrogens is 1. The molecule has 10 heteroatoms. The molecule has 0 spiro atoms. The van der Waals surface area contributed by atoms with Gasteiger partial charge in [-0.2, -0.15) is 13.2 Å². The molecule has 0 saturated heterocycles. The van der Waals surface area contributed by atoms with Crippen LogP contribution in [-0.2, 0) is 6.18 Å². The van der Waals surface area contributed by atoms with E-state index in [-0.39, 0.29) is 23.9 Å². The number of nitrogens with one attached hydrogen (secondary N) is 3. The molecule has 0 fully saturated rings. The van der Waals surface area contributed by atoms with Crippen molar-refractivity contribution in [3.05, 3.63) is 52.9 Å². The van der Waals surface area contributed by atoms with Crippen LogP contribution in [0.1, 0.15) is 5.56 Å². The number of carbonyl (C=O) groups is 1. The third-order valence-corrected chi connectivity index (χ3v) is 3.26. The molecule has 2 aromatic rings. The fraction of sp³-hybridized carbons (Fsp3) is 0.200. The summed E-state index contributed by atoms with van der Waals surface area (Å²) in [6.45, 7) is 0.348. The van der Waals surface area contributed by atoms with E-state index in [0.29, 0.717) is 11.9 Å². The molecule has 5 nitrogen and oxygen atoms in total. The number of hydrogen-bond acceptors (Lipinski definition) is 3. The van der Waals surface area contributed by atoms with Crippen molar-refractivity contribution in [2.24, 2.45) is 0 Å². The zero-order chi connectivity index (χ0) is 18.4. The summed E-state index contributed by atoms with van der Waals surface area (Å²) in [5.74, 6) is -0.341. The van der Waals surface area contributed by atoms with Gasteiger partial charge in [0.25, 0.3) is 0 Å². The van der Waals surface area contributed by atoms with Crippen LogP contribution >= 0.6 is 11.6 Å². The minimum atomic E-state index is -4.52. The van der Waals surface area contributed by atoms with Gasteiger partial charge in [-0.1, -0.05) is 11.6 Å². The van der Waals surface area contributed by atoms with E-state index in [1.807, 2.05) is 0 Å². The van der Waals surface area contributed by atoms with Crippen LogP contribution in [0.5, 0.6) is 0 Å². The van der Waals surface area contributed by atoms with E-state index in [1.54, 1.807) is 0 Å². The maximum Gasteiger partial charge on any atom is 0.417 e. The van der Waals surface area contributed by atoms with Gasteiger partial charge in [0.2, 0.25) is 0 Å². The van der Waals surface area contributed by atoms with Crippen molar-refractivity contribution in [3.63, 3.8) is 0 Å². The van der Waals surface area contributed by atoms with Crippen LogP contribution in [0.3, 0.4) is 0 Å². The highest BCUT2D eigenvalue weighted by Gasteiger charge is 2.31. The third kappa shape index (κ3) is 5.79. The van der Waals surface area contributed by atoms with Crippen molar-refractivity contribution in [2.75, 3.05) is 23.7 Å². The van der Waals surface area contributed by atoms with E-state index < -0.39 is 23.6 Å². The lowest BCUT2D eigenvalue weighted by Crippen LogP contribution is -2.32. The lowest BCUT2D eigenvalue weighted by atomic mass is 10.3. The summed E-state index contributed by atoms with van der Waals surface area (Å²) in [4.78, 5) is 15.2. The summed E-state index contributed by atoms with van der Waals surface area (Å²) in [6.07, 6.45) is -3.85. The lowest BCUT2D eigenvalue weighted by molar-refractivity contribution is -0.137. The van der Waals surface area contributed by atoms with Crippen LogP contribution in [0.2, 0.25) is 5.02 Å². The molecule has 1 aromatic heterocycles. The minimum absolute atomic E-state index is 0.0791. The normalized spacial score (nSPS) is 11.1. The molecule has 2 amide bonds. The average Bonchev–Trinajstić information content (AvgIpc) is 2.54. The molecular weight excluding hydrogens is 364 g/mol. The summed E-state index contributed by atoms with van der Waals surface area (Å²) in [7, 11) is 0. The van der Waals surface area contributed by atoms with E-state index in [9.17, 15) is 22.4 Å². The molecule has 0 aliphatic heterocycles. The zero-order valence-electron chi connectivity index (χ0n) is 12.6. The topological polar surface area (TPSA) is 66.0 Å². The zero-order valence-corrected chi connectivity index (χ0v) is 13.4. The highest BCUT2D eigenvalue weighted by molar-refractivity contribution is 6.32. The number of anilines is 2. The number of alkyl halides is 3. The molecule has 0 radical (unpaired) electrons. The van der Waals surface area contributed by atoms with Gasteiger partial charge >= 0.3 is 12.2 Å². The largest absolute Gasteiger partial charge is 0.417 e. The first-order valence-electron chi connectivity index (χ1n) is 7.03. The number of halogens is 5. The Kier molecular flexibility index (Phi) is 6.02. The van der Waals surface area contributed by atoms with E-state index in [0.717, 1.165) is 6.07 Å². The van der Waals surface area contributed by atoms with Crippen molar-refractivity contribution in [1.82, 2.24) is 10.3 Å². The average molecular weight is 377 g/mol. The molecule has 2 rings (SSSR count). The molecule has 0 bridgehead atoms. The fourth-order valence-electron chi connectivity index (χ4n) is 1.79. The Hall–Kier alpha value is -2.55. The summed E-state index contributed by atoms with van der Waals surface area (Å²) in [6, 6.07) is 5.47. The van der Waals surface area contributed by atoms with Gasteiger partial charge in [-0.3, -0.25) is 0 Å². The van der Waals surface area contributed by atoms with Gasteiger partial charge in [-0.15, -0.1) is 0 Å². The first-order valence-corrected chi connectivity index (χ1v) is 7.40. The monoisotopic (exact) mass is 376 g/mol. The number of carbonyl (C=O) groups excluding carboxylic acids is 1. The predicted molar refractivity (Wildman–Crippen MR) is 86.2 cm³/mol. The van der Waals surface area contributed by atoms with E-state index in [2.05, 4.69) is 20.9 Å². The molecule has 0 aliphatic carbocycles. The Bertz CT molecular complexity index is 737. The van der Waals surface area contributed by atoms with E-state index in [4.69, 9.17) is 11.6 Å². The second-order valence-corrected chi connectivity index (χ2v) is 5.27. The number of hydrogen-bond donors (Lipinski definition) is 3. The Morgan fingerprint density at radius 1 is 1.16 bits per heavy atom. The molecular formula is C15H13ClF4N4O. The number of nitrogens with zero attached hydrogens (tertiary/aromatic N) is 1. The van der Waals surface area contributed by atoms with Crippen molar-refractivity contribution < 1.29 is 22.4 Å². The molecule has 0 aliphatic rings.